The van der Waals surface area contributed by atoms with Crippen molar-refractivity contribution >= 4 is 12.0 Å². The van der Waals surface area contributed by atoms with Crippen LogP contribution in [0.5, 0.6) is 0 Å². The Morgan fingerprint density at radius 2 is 1.59 bits per heavy atom. The molecule has 6 heteroatoms. The fraction of sp³-hybridized carbons (Fsp3) is 0.462. The van der Waals surface area contributed by atoms with Crippen LogP contribution in [-0.2, 0) is 27.1 Å². The lowest BCUT2D eigenvalue weighted by molar-refractivity contribution is -0.151. The molecule has 6 nitrogen and oxygen atoms in total. The molecule has 4 rings (SSSR count). The second-order valence-electron chi connectivity index (χ2n) is 9.89. The molecule has 2 aromatic rings. The molecule has 2 aromatic carbocycles. The quantitative estimate of drug-likeness (QED) is 0.789. The van der Waals surface area contributed by atoms with Gasteiger partial charge in [0.05, 0.1) is 12.6 Å². The molecule has 0 unspecified atom stereocenters. The number of hydrogen-bond donors (Lipinski definition) is 1. The number of fused-ring (bicyclic) bond motifs is 1. The molecule has 32 heavy (non-hydrogen) atoms. The van der Waals surface area contributed by atoms with Gasteiger partial charge < -0.3 is 19.7 Å². The summed E-state index contributed by atoms with van der Waals surface area (Å²) in [6.45, 7) is 8.36. The van der Waals surface area contributed by atoms with E-state index in [1.54, 1.807) is 0 Å². The third-order valence-corrected chi connectivity index (χ3v) is 5.97. The minimum absolute atomic E-state index is 0.0874. The van der Waals surface area contributed by atoms with Crippen molar-refractivity contribution in [1.29, 1.82) is 0 Å². The first kappa shape index (κ1) is 22.3. The van der Waals surface area contributed by atoms with E-state index in [0.717, 1.165) is 16.7 Å². The van der Waals surface area contributed by atoms with Gasteiger partial charge >= 0.3 is 6.09 Å². The average molecular weight is 437 g/mol. The van der Waals surface area contributed by atoms with Gasteiger partial charge in [0.25, 0.3) is 0 Å². The van der Waals surface area contributed by atoms with Gasteiger partial charge in [-0.25, -0.2) is 4.79 Å². The number of carbonyl (C=O) groups is 2. The molecule has 1 N–H and O–H groups in total. The summed E-state index contributed by atoms with van der Waals surface area (Å²) in [5.41, 5.74) is 1.49. The standard InChI is InChI=1S/C26H32N2O4/c1-18-16-28(17-22(31-18)19-10-6-5-7-11-19)23(29)26(27-24(30)32-25(2,3)4)14-20-12-8-9-13-21(20)15-26/h5-13,18,22H,14-17H2,1-4H3,(H,27,30)/t18-,22+/m0/s1. The van der Waals surface area contributed by atoms with Crippen LogP contribution in [0, 0.1) is 0 Å². The molecule has 1 saturated heterocycles. The number of rotatable bonds is 3. The molecule has 2 atom stereocenters. The number of nitrogens with one attached hydrogen (secondary N) is 1. The van der Waals surface area contributed by atoms with Gasteiger partial charge in [-0.15, -0.1) is 0 Å². The number of nitrogens with zero attached hydrogens (tertiary/aromatic N) is 1. The Morgan fingerprint density at radius 1 is 1.00 bits per heavy atom. The molecule has 0 saturated carbocycles. The second-order valence-corrected chi connectivity index (χ2v) is 9.89. The van der Waals surface area contributed by atoms with E-state index in [9.17, 15) is 9.59 Å². The molecule has 0 spiro atoms. The van der Waals surface area contributed by atoms with Crippen molar-refractivity contribution in [2.75, 3.05) is 13.1 Å². The van der Waals surface area contributed by atoms with E-state index in [2.05, 4.69) is 5.32 Å². The first-order valence-electron chi connectivity index (χ1n) is 11.2. The van der Waals surface area contributed by atoms with Crippen molar-refractivity contribution in [3.05, 3.63) is 71.3 Å². The summed E-state index contributed by atoms with van der Waals surface area (Å²) >= 11 is 0. The number of alkyl carbamates (subject to hydrolysis) is 1. The first-order chi connectivity index (χ1) is 15.2. The Morgan fingerprint density at radius 3 is 2.19 bits per heavy atom. The summed E-state index contributed by atoms with van der Waals surface area (Å²) in [5, 5.41) is 2.97. The minimum atomic E-state index is -1.07. The maximum absolute atomic E-state index is 14.0. The van der Waals surface area contributed by atoms with Crippen LogP contribution in [0.15, 0.2) is 54.6 Å². The lowest BCUT2D eigenvalue weighted by atomic mass is 9.92. The van der Waals surface area contributed by atoms with Crippen LogP contribution >= 0.6 is 0 Å². The van der Waals surface area contributed by atoms with Crippen molar-refractivity contribution < 1.29 is 19.1 Å². The molecule has 170 valence electrons. The van der Waals surface area contributed by atoms with E-state index in [-0.39, 0.29) is 18.1 Å². The van der Waals surface area contributed by atoms with Gasteiger partial charge in [-0.3, -0.25) is 4.79 Å². The van der Waals surface area contributed by atoms with Crippen LogP contribution in [0.2, 0.25) is 0 Å². The number of carbonyl (C=O) groups excluding carboxylic acids is 2. The Balaban J connectivity index is 1.61. The van der Waals surface area contributed by atoms with E-state index in [1.165, 1.54) is 0 Å². The van der Waals surface area contributed by atoms with E-state index < -0.39 is 17.2 Å². The highest BCUT2D eigenvalue weighted by molar-refractivity contribution is 5.92. The summed E-state index contributed by atoms with van der Waals surface area (Å²) in [7, 11) is 0. The monoisotopic (exact) mass is 436 g/mol. The zero-order valence-electron chi connectivity index (χ0n) is 19.3. The van der Waals surface area contributed by atoms with Gasteiger partial charge in [0.2, 0.25) is 5.91 Å². The predicted octanol–water partition coefficient (Wildman–Crippen LogP) is 4.04. The Labute approximate surface area is 189 Å². The largest absolute Gasteiger partial charge is 0.444 e. The fourth-order valence-corrected chi connectivity index (χ4v) is 4.68. The molecule has 1 fully saturated rings. The maximum Gasteiger partial charge on any atom is 0.408 e. The summed E-state index contributed by atoms with van der Waals surface area (Å²) < 4.78 is 11.7. The average Bonchev–Trinajstić information content (AvgIpc) is 3.11. The lowest BCUT2D eigenvalue weighted by Crippen LogP contribution is -2.63. The van der Waals surface area contributed by atoms with Crippen LogP contribution in [0.25, 0.3) is 0 Å². The Hall–Kier alpha value is -2.86. The predicted molar refractivity (Wildman–Crippen MR) is 122 cm³/mol. The number of ether oxygens (including phenoxy) is 2. The zero-order valence-corrected chi connectivity index (χ0v) is 19.3. The molecule has 2 amide bonds. The highest BCUT2D eigenvalue weighted by atomic mass is 16.6. The van der Waals surface area contributed by atoms with Crippen molar-refractivity contribution in [2.24, 2.45) is 0 Å². The third kappa shape index (κ3) is 4.80. The molecule has 2 aliphatic rings. The molecule has 1 heterocycles. The highest BCUT2D eigenvalue weighted by Crippen LogP contribution is 2.34. The van der Waals surface area contributed by atoms with E-state index in [4.69, 9.17) is 9.47 Å². The van der Waals surface area contributed by atoms with Gasteiger partial charge in [0.1, 0.15) is 17.2 Å². The first-order valence-corrected chi connectivity index (χ1v) is 11.2. The number of hydrogen-bond acceptors (Lipinski definition) is 4. The van der Waals surface area contributed by atoms with Crippen LogP contribution < -0.4 is 5.32 Å². The molecule has 1 aliphatic carbocycles. The molecule has 0 aromatic heterocycles. The topological polar surface area (TPSA) is 67.9 Å². The van der Waals surface area contributed by atoms with E-state index >= 15 is 0 Å². The summed E-state index contributed by atoms with van der Waals surface area (Å²) in [5.74, 6) is -0.0874. The Bertz CT molecular complexity index is 958. The maximum atomic E-state index is 14.0. The van der Waals surface area contributed by atoms with Gasteiger partial charge in [-0.1, -0.05) is 54.6 Å². The van der Waals surface area contributed by atoms with Crippen molar-refractivity contribution in [3.63, 3.8) is 0 Å². The van der Waals surface area contributed by atoms with Crippen molar-refractivity contribution in [1.82, 2.24) is 10.2 Å². The van der Waals surface area contributed by atoms with Crippen molar-refractivity contribution in [2.45, 2.75) is 63.9 Å². The normalized spacial score (nSPS) is 22.2. The SMILES string of the molecule is C[C@H]1CN(C(=O)C2(NC(=O)OC(C)(C)C)Cc3ccccc3C2)C[C@H](c2ccccc2)O1. The smallest absolute Gasteiger partial charge is 0.408 e. The zero-order chi connectivity index (χ0) is 22.9. The van der Waals surface area contributed by atoms with Gasteiger partial charge in [0, 0.05) is 19.4 Å². The molecule has 0 radical (unpaired) electrons. The van der Waals surface area contributed by atoms with Gasteiger partial charge in [-0.2, -0.15) is 0 Å². The summed E-state index contributed by atoms with van der Waals surface area (Å²) in [6, 6.07) is 17.9. The van der Waals surface area contributed by atoms with Crippen LogP contribution in [-0.4, -0.2) is 47.2 Å². The van der Waals surface area contributed by atoms with Crippen LogP contribution in [0.4, 0.5) is 4.79 Å². The molecule has 0 bridgehead atoms. The Kier molecular flexibility index (Phi) is 5.99. The highest BCUT2D eigenvalue weighted by Gasteiger charge is 2.49. The van der Waals surface area contributed by atoms with E-state index in [0.29, 0.717) is 25.9 Å². The van der Waals surface area contributed by atoms with Gasteiger partial charge in [0.15, 0.2) is 0 Å². The summed E-state index contributed by atoms with van der Waals surface area (Å²) in [6.07, 6.45) is 0.0116. The lowest BCUT2D eigenvalue weighted by Gasteiger charge is -2.41. The fourth-order valence-electron chi connectivity index (χ4n) is 4.68. The number of morpholine rings is 1. The number of benzene rings is 2. The third-order valence-electron chi connectivity index (χ3n) is 5.97. The summed E-state index contributed by atoms with van der Waals surface area (Å²) in [4.78, 5) is 28.6. The van der Waals surface area contributed by atoms with E-state index in [1.807, 2.05) is 87.2 Å². The molecular formula is C26H32N2O4. The molecular weight excluding hydrogens is 404 g/mol. The van der Waals surface area contributed by atoms with Crippen molar-refractivity contribution in [3.8, 4) is 0 Å². The number of amides is 2. The second kappa shape index (κ2) is 8.58. The van der Waals surface area contributed by atoms with Crippen LogP contribution in [0.1, 0.15) is 50.5 Å². The van der Waals surface area contributed by atoms with Gasteiger partial charge in [-0.05, 0) is 44.4 Å². The molecule has 1 aliphatic heterocycles. The minimum Gasteiger partial charge on any atom is -0.444 e. The van der Waals surface area contributed by atoms with Crippen LogP contribution in [0.3, 0.4) is 0 Å².